The summed E-state index contributed by atoms with van der Waals surface area (Å²) in [6.07, 6.45) is 6.00. The van der Waals surface area contributed by atoms with Crippen LogP contribution in [-0.4, -0.2) is 33.5 Å². The van der Waals surface area contributed by atoms with Crippen LogP contribution in [0.4, 0.5) is 5.69 Å². The number of ether oxygens (including phenoxy) is 1. The van der Waals surface area contributed by atoms with E-state index in [1.54, 1.807) is 24.7 Å². The number of nitrogens with zero attached hydrogens (tertiary/aromatic N) is 3. The molecule has 0 unspecified atom stereocenters. The van der Waals surface area contributed by atoms with Crippen molar-refractivity contribution >= 4 is 16.5 Å². The average Bonchev–Trinajstić information content (AvgIpc) is 2.63. The smallest absolute Gasteiger partial charge is 0.127 e. The lowest BCUT2D eigenvalue weighted by atomic mass is 9.81. The van der Waals surface area contributed by atoms with Crippen molar-refractivity contribution in [3.63, 3.8) is 0 Å². The maximum Gasteiger partial charge on any atom is 0.127 e. The predicted molar refractivity (Wildman–Crippen MR) is 96.2 cm³/mol. The SMILES string of the molecule is C[C@H]1COCC[C@H]1c1ccc(O)c(-c2nncc3cnccc23)c1N. The molecule has 0 saturated carbocycles. The van der Waals surface area contributed by atoms with Crippen molar-refractivity contribution in [2.75, 3.05) is 18.9 Å². The summed E-state index contributed by atoms with van der Waals surface area (Å²) in [7, 11) is 0. The van der Waals surface area contributed by atoms with Crippen LogP contribution in [0, 0.1) is 5.92 Å². The number of hydrogen-bond acceptors (Lipinski definition) is 6. The maximum atomic E-state index is 10.5. The Morgan fingerprint density at radius 3 is 2.96 bits per heavy atom. The van der Waals surface area contributed by atoms with E-state index in [0.717, 1.165) is 36.0 Å². The van der Waals surface area contributed by atoms with Crippen molar-refractivity contribution in [1.29, 1.82) is 0 Å². The fourth-order valence-electron chi connectivity index (χ4n) is 3.65. The number of phenols is 1. The maximum absolute atomic E-state index is 10.5. The molecule has 3 N–H and O–H groups in total. The first-order valence-electron chi connectivity index (χ1n) is 8.41. The molecule has 0 aliphatic carbocycles. The summed E-state index contributed by atoms with van der Waals surface area (Å²) < 4.78 is 5.55. The van der Waals surface area contributed by atoms with Crippen LogP contribution in [0.3, 0.4) is 0 Å². The van der Waals surface area contributed by atoms with Gasteiger partial charge in [-0.15, -0.1) is 5.10 Å². The summed E-state index contributed by atoms with van der Waals surface area (Å²) in [6, 6.07) is 5.48. The van der Waals surface area contributed by atoms with E-state index in [9.17, 15) is 5.11 Å². The first-order valence-corrected chi connectivity index (χ1v) is 8.41. The molecule has 2 atom stereocenters. The minimum Gasteiger partial charge on any atom is -0.507 e. The molecule has 1 saturated heterocycles. The number of hydrogen-bond donors (Lipinski definition) is 2. The zero-order chi connectivity index (χ0) is 17.4. The third kappa shape index (κ3) is 2.68. The van der Waals surface area contributed by atoms with Crippen LogP contribution in [0.2, 0.25) is 0 Å². The van der Waals surface area contributed by atoms with Gasteiger partial charge in [0.15, 0.2) is 0 Å². The molecule has 2 aromatic heterocycles. The molecule has 6 nitrogen and oxygen atoms in total. The normalized spacial score (nSPS) is 20.7. The highest BCUT2D eigenvalue weighted by atomic mass is 16.5. The topological polar surface area (TPSA) is 94.1 Å². The molecule has 1 aromatic carbocycles. The molecule has 128 valence electrons. The number of benzene rings is 1. The summed E-state index contributed by atoms with van der Waals surface area (Å²) in [5.41, 5.74) is 9.24. The molecular weight excluding hydrogens is 316 g/mol. The molecule has 3 aromatic rings. The van der Waals surface area contributed by atoms with E-state index in [0.29, 0.717) is 28.8 Å². The first kappa shape index (κ1) is 15.8. The Bertz CT molecular complexity index is 923. The van der Waals surface area contributed by atoms with Gasteiger partial charge < -0.3 is 15.6 Å². The fourth-order valence-corrected chi connectivity index (χ4v) is 3.65. The summed E-state index contributed by atoms with van der Waals surface area (Å²) in [4.78, 5) is 4.12. The highest BCUT2D eigenvalue weighted by molar-refractivity contribution is 5.98. The van der Waals surface area contributed by atoms with E-state index >= 15 is 0 Å². The van der Waals surface area contributed by atoms with Crippen LogP contribution in [0.15, 0.2) is 36.8 Å². The molecule has 0 bridgehead atoms. The Kier molecular flexibility index (Phi) is 3.97. The molecule has 1 fully saturated rings. The molecule has 0 spiro atoms. The number of anilines is 1. The Balaban J connectivity index is 1.91. The van der Waals surface area contributed by atoms with Gasteiger partial charge in [-0.05, 0) is 36.0 Å². The Morgan fingerprint density at radius 2 is 2.12 bits per heavy atom. The van der Waals surface area contributed by atoms with Crippen LogP contribution in [0.1, 0.15) is 24.8 Å². The molecule has 3 heterocycles. The average molecular weight is 336 g/mol. The Hall–Kier alpha value is -2.73. The van der Waals surface area contributed by atoms with Gasteiger partial charge in [-0.3, -0.25) is 4.98 Å². The number of rotatable bonds is 2. The zero-order valence-corrected chi connectivity index (χ0v) is 14.0. The molecule has 1 aliphatic rings. The van der Waals surface area contributed by atoms with E-state index in [-0.39, 0.29) is 5.75 Å². The number of aromatic hydroxyl groups is 1. The summed E-state index contributed by atoms with van der Waals surface area (Å²) in [5.74, 6) is 0.786. The highest BCUT2D eigenvalue weighted by Gasteiger charge is 2.27. The Labute approximate surface area is 145 Å². The van der Waals surface area contributed by atoms with Crippen molar-refractivity contribution in [2.24, 2.45) is 5.92 Å². The second kappa shape index (κ2) is 6.29. The summed E-state index contributed by atoms with van der Waals surface area (Å²) in [5, 5.41) is 20.5. The second-order valence-electron chi connectivity index (χ2n) is 6.57. The molecule has 0 amide bonds. The van der Waals surface area contributed by atoms with Gasteiger partial charge in [0, 0.05) is 42.1 Å². The van der Waals surface area contributed by atoms with E-state index in [4.69, 9.17) is 10.5 Å². The van der Waals surface area contributed by atoms with Gasteiger partial charge in [0.05, 0.1) is 11.8 Å². The van der Waals surface area contributed by atoms with Crippen molar-refractivity contribution < 1.29 is 9.84 Å². The minimum absolute atomic E-state index is 0.111. The van der Waals surface area contributed by atoms with Gasteiger partial charge in [0.25, 0.3) is 0 Å². The lowest BCUT2D eigenvalue weighted by Crippen LogP contribution is -2.24. The van der Waals surface area contributed by atoms with Gasteiger partial charge >= 0.3 is 0 Å². The van der Waals surface area contributed by atoms with E-state index in [1.165, 1.54) is 0 Å². The number of fused-ring (bicyclic) bond motifs is 1. The monoisotopic (exact) mass is 336 g/mol. The number of aromatic nitrogens is 3. The molecule has 4 rings (SSSR count). The van der Waals surface area contributed by atoms with Crippen LogP contribution in [-0.2, 0) is 4.74 Å². The van der Waals surface area contributed by atoms with Crippen molar-refractivity contribution in [2.45, 2.75) is 19.3 Å². The molecule has 1 aliphatic heterocycles. The summed E-state index contributed by atoms with van der Waals surface area (Å²) >= 11 is 0. The molecule has 0 radical (unpaired) electrons. The second-order valence-corrected chi connectivity index (χ2v) is 6.57. The molecule has 6 heteroatoms. The van der Waals surface area contributed by atoms with Gasteiger partial charge in [0.1, 0.15) is 11.4 Å². The van der Waals surface area contributed by atoms with Crippen molar-refractivity contribution in [3.05, 3.63) is 42.4 Å². The van der Waals surface area contributed by atoms with Crippen LogP contribution < -0.4 is 5.73 Å². The minimum atomic E-state index is 0.111. The van der Waals surface area contributed by atoms with Crippen molar-refractivity contribution in [3.8, 4) is 17.0 Å². The van der Waals surface area contributed by atoms with Gasteiger partial charge in [0.2, 0.25) is 0 Å². The lowest BCUT2D eigenvalue weighted by molar-refractivity contribution is 0.0474. The first-order chi connectivity index (χ1) is 12.2. The van der Waals surface area contributed by atoms with E-state index in [2.05, 4.69) is 22.1 Å². The number of nitrogens with two attached hydrogens (primary N) is 1. The highest BCUT2D eigenvalue weighted by Crippen LogP contribution is 2.43. The number of phenolic OH excluding ortho intramolecular Hbond substituents is 1. The number of pyridine rings is 1. The van der Waals surface area contributed by atoms with Gasteiger partial charge in [-0.2, -0.15) is 5.10 Å². The molecular formula is C19H20N4O2. The van der Waals surface area contributed by atoms with Gasteiger partial charge in [-0.1, -0.05) is 13.0 Å². The van der Waals surface area contributed by atoms with E-state index < -0.39 is 0 Å². The third-order valence-electron chi connectivity index (χ3n) is 5.00. The number of nitrogen functional groups attached to an aromatic ring is 1. The van der Waals surface area contributed by atoms with Gasteiger partial charge in [-0.25, -0.2) is 0 Å². The zero-order valence-electron chi connectivity index (χ0n) is 14.0. The summed E-state index contributed by atoms with van der Waals surface area (Å²) in [6.45, 7) is 3.61. The Morgan fingerprint density at radius 1 is 1.24 bits per heavy atom. The third-order valence-corrected chi connectivity index (χ3v) is 5.00. The fraction of sp³-hybridized carbons (Fsp3) is 0.316. The van der Waals surface area contributed by atoms with Crippen molar-refractivity contribution in [1.82, 2.24) is 15.2 Å². The van der Waals surface area contributed by atoms with Crippen LogP contribution >= 0.6 is 0 Å². The van der Waals surface area contributed by atoms with E-state index in [1.807, 2.05) is 12.1 Å². The quantitative estimate of drug-likeness (QED) is 0.698. The standard InChI is InChI=1S/C19H20N4O2/c1-11-10-25-7-5-13(11)15-2-3-16(24)17(18(15)20)19-14-4-6-21-8-12(14)9-22-23-19/h2-4,6,8-9,11,13,24H,5,7,10,20H2,1H3/t11-,13+/m0/s1. The molecule has 25 heavy (non-hydrogen) atoms. The lowest BCUT2D eigenvalue weighted by Gasteiger charge is -2.30. The van der Waals surface area contributed by atoms with Crippen LogP contribution in [0.5, 0.6) is 5.75 Å². The largest absolute Gasteiger partial charge is 0.507 e. The van der Waals surface area contributed by atoms with Crippen LogP contribution in [0.25, 0.3) is 22.0 Å². The predicted octanol–water partition coefficient (Wildman–Crippen LogP) is 3.12.